The highest BCUT2D eigenvalue weighted by Gasteiger charge is 2.34. The van der Waals surface area contributed by atoms with Crippen LogP contribution in [0.15, 0.2) is 41.6 Å². The van der Waals surface area contributed by atoms with E-state index in [0.29, 0.717) is 30.8 Å². The van der Waals surface area contributed by atoms with Gasteiger partial charge in [0, 0.05) is 32.0 Å². The molecule has 3 rings (SSSR count). The zero-order chi connectivity index (χ0) is 20.3. The molecule has 0 aliphatic carbocycles. The molecule has 0 bridgehead atoms. The monoisotopic (exact) mass is 401 g/mol. The summed E-state index contributed by atoms with van der Waals surface area (Å²) in [6, 6.07) is 7.50. The Labute approximate surface area is 167 Å². The van der Waals surface area contributed by atoms with Crippen LogP contribution < -0.4 is 5.32 Å². The van der Waals surface area contributed by atoms with E-state index in [1.165, 1.54) is 4.31 Å². The Morgan fingerprint density at radius 1 is 1.25 bits per heavy atom. The molecule has 150 valence electrons. The molecule has 1 atom stereocenters. The van der Waals surface area contributed by atoms with Gasteiger partial charge in [-0.3, -0.25) is 9.78 Å². The van der Waals surface area contributed by atoms with Crippen molar-refractivity contribution in [2.24, 2.45) is 5.92 Å². The van der Waals surface area contributed by atoms with E-state index in [0.717, 1.165) is 22.3 Å². The van der Waals surface area contributed by atoms with E-state index in [9.17, 15) is 13.2 Å². The third kappa shape index (κ3) is 4.42. The van der Waals surface area contributed by atoms with Gasteiger partial charge < -0.3 is 5.32 Å². The van der Waals surface area contributed by atoms with Gasteiger partial charge in [0.2, 0.25) is 15.9 Å². The van der Waals surface area contributed by atoms with Gasteiger partial charge in [0.1, 0.15) is 0 Å². The standard InChI is InChI=1S/C21H27N3O3S/c1-15-10-16(2)20(17(3)11-15)28(26,27)24-9-5-7-19(14-24)21(25)23-13-18-6-4-8-22-12-18/h4,6,8,10-12,19H,5,7,9,13-14H2,1-3H3,(H,23,25)/t19-/m0/s1. The Bertz CT molecular complexity index is 935. The van der Waals surface area contributed by atoms with Gasteiger partial charge in [-0.05, 0) is 56.4 Å². The smallest absolute Gasteiger partial charge is 0.243 e. The average molecular weight is 402 g/mol. The molecule has 28 heavy (non-hydrogen) atoms. The normalized spacial score (nSPS) is 18.0. The zero-order valence-corrected chi connectivity index (χ0v) is 17.4. The number of amides is 1. The average Bonchev–Trinajstić information content (AvgIpc) is 2.66. The van der Waals surface area contributed by atoms with E-state index >= 15 is 0 Å². The number of aryl methyl sites for hydroxylation is 3. The number of carbonyl (C=O) groups is 1. The Balaban J connectivity index is 1.73. The maximum Gasteiger partial charge on any atom is 0.243 e. The van der Waals surface area contributed by atoms with Crippen LogP contribution in [0.25, 0.3) is 0 Å². The first kappa shape index (κ1) is 20.5. The van der Waals surface area contributed by atoms with Crippen LogP contribution in [0.3, 0.4) is 0 Å². The van der Waals surface area contributed by atoms with Crippen LogP contribution in [0, 0.1) is 26.7 Å². The quantitative estimate of drug-likeness (QED) is 0.835. The van der Waals surface area contributed by atoms with Gasteiger partial charge in [-0.1, -0.05) is 23.8 Å². The Kier molecular flexibility index (Phi) is 6.15. The number of hydrogen-bond acceptors (Lipinski definition) is 4. The second-order valence-corrected chi connectivity index (χ2v) is 9.38. The van der Waals surface area contributed by atoms with Gasteiger partial charge in [-0.25, -0.2) is 8.42 Å². The van der Waals surface area contributed by atoms with Gasteiger partial charge in [0.25, 0.3) is 0 Å². The molecule has 0 unspecified atom stereocenters. The summed E-state index contributed by atoms with van der Waals surface area (Å²) >= 11 is 0. The fourth-order valence-electron chi connectivity index (χ4n) is 3.91. The summed E-state index contributed by atoms with van der Waals surface area (Å²) in [5, 5.41) is 2.91. The van der Waals surface area contributed by atoms with E-state index in [-0.39, 0.29) is 18.4 Å². The molecule has 6 nitrogen and oxygen atoms in total. The summed E-state index contributed by atoms with van der Waals surface area (Å²) in [4.78, 5) is 17.0. The molecule has 2 aromatic rings. The molecule has 0 spiro atoms. The molecule has 1 aliphatic rings. The minimum absolute atomic E-state index is 0.110. The molecule has 1 fully saturated rings. The van der Waals surface area contributed by atoms with Crippen LogP contribution >= 0.6 is 0 Å². The number of nitrogens with one attached hydrogen (secondary N) is 1. The van der Waals surface area contributed by atoms with Crippen molar-refractivity contribution in [3.05, 3.63) is 58.9 Å². The lowest BCUT2D eigenvalue weighted by molar-refractivity contribution is -0.126. The molecule has 1 aliphatic heterocycles. The minimum atomic E-state index is -3.63. The van der Waals surface area contributed by atoms with Crippen molar-refractivity contribution in [3.8, 4) is 0 Å². The Morgan fingerprint density at radius 3 is 2.61 bits per heavy atom. The number of nitrogens with zero attached hydrogens (tertiary/aromatic N) is 2. The first-order valence-corrected chi connectivity index (χ1v) is 11.0. The predicted molar refractivity (Wildman–Crippen MR) is 108 cm³/mol. The second-order valence-electron chi connectivity index (χ2n) is 7.51. The van der Waals surface area contributed by atoms with Crippen molar-refractivity contribution < 1.29 is 13.2 Å². The Hall–Kier alpha value is -2.25. The van der Waals surface area contributed by atoms with Gasteiger partial charge >= 0.3 is 0 Å². The lowest BCUT2D eigenvalue weighted by atomic mass is 9.99. The maximum absolute atomic E-state index is 13.3. The highest BCUT2D eigenvalue weighted by Crippen LogP contribution is 2.28. The molecular weight excluding hydrogens is 374 g/mol. The second kappa shape index (κ2) is 8.41. The van der Waals surface area contributed by atoms with Crippen molar-refractivity contribution in [2.45, 2.75) is 45.1 Å². The van der Waals surface area contributed by atoms with E-state index in [4.69, 9.17) is 0 Å². The molecule has 1 saturated heterocycles. The van der Waals surface area contributed by atoms with E-state index in [1.807, 2.05) is 45.0 Å². The van der Waals surface area contributed by atoms with Crippen LogP contribution in [0.2, 0.25) is 0 Å². The van der Waals surface area contributed by atoms with Gasteiger partial charge in [0.05, 0.1) is 10.8 Å². The first-order chi connectivity index (χ1) is 13.3. The molecule has 1 amide bonds. The number of hydrogen-bond donors (Lipinski definition) is 1. The molecule has 1 aromatic heterocycles. The number of rotatable bonds is 5. The molecular formula is C21H27N3O3S. The summed E-state index contributed by atoms with van der Waals surface area (Å²) in [6.07, 6.45) is 4.76. The van der Waals surface area contributed by atoms with Gasteiger partial charge in [-0.15, -0.1) is 0 Å². The largest absolute Gasteiger partial charge is 0.352 e. The van der Waals surface area contributed by atoms with Crippen molar-refractivity contribution >= 4 is 15.9 Å². The highest BCUT2D eigenvalue weighted by molar-refractivity contribution is 7.89. The molecule has 7 heteroatoms. The van der Waals surface area contributed by atoms with Crippen LogP contribution in [0.5, 0.6) is 0 Å². The van der Waals surface area contributed by atoms with Crippen molar-refractivity contribution in [2.75, 3.05) is 13.1 Å². The van der Waals surface area contributed by atoms with Gasteiger partial charge in [-0.2, -0.15) is 4.31 Å². The molecule has 2 heterocycles. The molecule has 1 N–H and O–H groups in total. The van der Waals surface area contributed by atoms with Crippen LogP contribution in [-0.4, -0.2) is 36.7 Å². The number of sulfonamides is 1. The number of aromatic nitrogens is 1. The molecule has 1 aromatic carbocycles. The summed E-state index contributed by atoms with van der Waals surface area (Å²) in [7, 11) is -3.63. The fourth-order valence-corrected chi connectivity index (χ4v) is 5.85. The summed E-state index contributed by atoms with van der Waals surface area (Å²) in [6.45, 7) is 6.67. The van der Waals surface area contributed by atoms with Crippen molar-refractivity contribution in [1.82, 2.24) is 14.6 Å². The lowest BCUT2D eigenvalue weighted by Gasteiger charge is -2.32. The van der Waals surface area contributed by atoms with E-state index in [1.54, 1.807) is 12.4 Å². The van der Waals surface area contributed by atoms with Gasteiger partial charge in [0.15, 0.2) is 0 Å². The Morgan fingerprint density at radius 2 is 1.96 bits per heavy atom. The zero-order valence-electron chi connectivity index (χ0n) is 16.6. The summed E-state index contributed by atoms with van der Waals surface area (Å²) < 4.78 is 28.0. The third-order valence-electron chi connectivity index (χ3n) is 5.15. The number of piperidine rings is 1. The number of pyridine rings is 1. The SMILES string of the molecule is Cc1cc(C)c(S(=O)(=O)N2CCC[C@H](C(=O)NCc3cccnc3)C2)c(C)c1. The van der Waals surface area contributed by atoms with Crippen LogP contribution in [0.1, 0.15) is 35.1 Å². The highest BCUT2D eigenvalue weighted by atomic mass is 32.2. The number of carbonyl (C=O) groups excluding carboxylic acids is 1. The van der Waals surface area contributed by atoms with Crippen LogP contribution in [-0.2, 0) is 21.4 Å². The van der Waals surface area contributed by atoms with E-state index < -0.39 is 10.0 Å². The summed E-state index contributed by atoms with van der Waals surface area (Å²) in [5.74, 6) is -0.452. The maximum atomic E-state index is 13.3. The summed E-state index contributed by atoms with van der Waals surface area (Å²) in [5.41, 5.74) is 3.46. The fraction of sp³-hybridized carbons (Fsp3) is 0.429. The van der Waals surface area contributed by atoms with Crippen LogP contribution in [0.4, 0.5) is 0 Å². The minimum Gasteiger partial charge on any atom is -0.352 e. The van der Waals surface area contributed by atoms with E-state index in [2.05, 4.69) is 10.3 Å². The number of benzene rings is 1. The third-order valence-corrected chi connectivity index (χ3v) is 7.32. The topological polar surface area (TPSA) is 79.4 Å². The molecule has 0 saturated carbocycles. The molecule has 0 radical (unpaired) electrons. The predicted octanol–water partition coefficient (Wildman–Crippen LogP) is 2.72. The van der Waals surface area contributed by atoms with Crippen molar-refractivity contribution in [3.63, 3.8) is 0 Å². The first-order valence-electron chi connectivity index (χ1n) is 9.53. The lowest BCUT2D eigenvalue weighted by Crippen LogP contribution is -2.45. The van der Waals surface area contributed by atoms with Crippen molar-refractivity contribution in [1.29, 1.82) is 0 Å².